The molecule has 156 valence electrons. The molecule has 0 aliphatic heterocycles. The van der Waals surface area contributed by atoms with Gasteiger partial charge in [0.25, 0.3) is 0 Å². The molecule has 2 amide bonds. The van der Waals surface area contributed by atoms with Crippen LogP contribution < -0.4 is 5.32 Å². The molecule has 5 heteroatoms. The van der Waals surface area contributed by atoms with Crippen molar-refractivity contribution < 1.29 is 9.59 Å². The van der Waals surface area contributed by atoms with Crippen LogP contribution in [0.25, 0.3) is 0 Å². The lowest BCUT2D eigenvalue weighted by atomic mass is 10.1. The van der Waals surface area contributed by atoms with Crippen molar-refractivity contribution in [3.63, 3.8) is 0 Å². The lowest BCUT2D eigenvalue weighted by molar-refractivity contribution is -0.141. The van der Waals surface area contributed by atoms with Crippen molar-refractivity contribution in [2.24, 2.45) is 0 Å². The molecule has 4 nitrogen and oxygen atoms in total. The summed E-state index contributed by atoms with van der Waals surface area (Å²) in [5.74, 6) is -0.203. The molecule has 0 saturated carbocycles. The summed E-state index contributed by atoms with van der Waals surface area (Å²) in [6, 6.07) is 14.9. The van der Waals surface area contributed by atoms with E-state index in [9.17, 15) is 9.59 Å². The van der Waals surface area contributed by atoms with E-state index in [-0.39, 0.29) is 24.3 Å². The molecule has 0 aliphatic carbocycles. The molecule has 0 spiro atoms. The second-order valence-corrected chi connectivity index (χ2v) is 7.92. The average molecular weight is 415 g/mol. The third kappa shape index (κ3) is 6.60. The number of hydrogen-bond donors (Lipinski definition) is 1. The van der Waals surface area contributed by atoms with Gasteiger partial charge >= 0.3 is 0 Å². The Kier molecular flexibility index (Phi) is 8.71. The Bertz CT molecular complexity index is 820. The fourth-order valence-corrected chi connectivity index (χ4v) is 3.35. The van der Waals surface area contributed by atoms with Gasteiger partial charge in [-0.2, -0.15) is 0 Å². The van der Waals surface area contributed by atoms with Crippen LogP contribution >= 0.6 is 11.6 Å². The molecule has 2 aromatic carbocycles. The molecule has 2 rings (SSSR count). The van der Waals surface area contributed by atoms with Gasteiger partial charge in [0, 0.05) is 17.6 Å². The van der Waals surface area contributed by atoms with E-state index in [1.54, 1.807) is 11.0 Å². The molecule has 2 aromatic rings. The zero-order valence-corrected chi connectivity index (χ0v) is 18.5. The molecule has 0 aliphatic rings. The smallest absolute Gasteiger partial charge is 0.243 e. The number of carbonyl (C=O) groups excluding carboxylic acids is 2. The quantitative estimate of drug-likeness (QED) is 0.633. The zero-order valence-electron chi connectivity index (χ0n) is 17.7. The standard InChI is InChI=1S/C24H31ClN2O2/c1-5-18(4)26-24(29)22(6-2)27(16-20-9-7-8-10-21(20)25)23(28)15-19-13-11-17(3)12-14-19/h7-14,18,22H,5-6,15-16H2,1-4H3,(H,26,29)/t18-,22-/m1/s1. The van der Waals surface area contributed by atoms with Gasteiger partial charge in [-0.15, -0.1) is 0 Å². The molecule has 0 unspecified atom stereocenters. The van der Waals surface area contributed by atoms with Crippen LogP contribution in [0.3, 0.4) is 0 Å². The van der Waals surface area contributed by atoms with E-state index in [4.69, 9.17) is 11.6 Å². The van der Waals surface area contributed by atoms with Gasteiger partial charge in [-0.3, -0.25) is 9.59 Å². The van der Waals surface area contributed by atoms with Gasteiger partial charge in [-0.1, -0.05) is 73.5 Å². The molecule has 0 bridgehead atoms. The molecule has 29 heavy (non-hydrogen) atoms. The predicted octanol–water partition coefficient (Wildman–Crippen LogP) is 4.91. The largest absolute Gasteiger partial charge is 0.352 e. The van der Waals surface area contributed by atoms with Crippen molar-refractivity contribution in [3.05, 3.63) is 70.2 Å². The first-order chi connectivity index (χ1) is 13.8. The zero-order chi connectivity index (χ0) is 21.4. The number of benzene rings is 2. The molecule has 0 saturated heterocycles. The molecule has 0 fully saturated rings. The van der Waals surface area contributed by atoms with Gasteiger partial charge in [0.15, 0.2) is 0 Å². The van der Waals surface area contributed by atoms with E-state index < -0.39 is 6.04 Å². The van der Waals surface area contributed by atoms with Gasteiger partial charge in [0.05, 0.1) is 6.42 Å². The van der Waals surface area contributed by atoms with Gasteiger partial charge in [0.2, 0.25) is 11.8 Å². The summed E-state index contributed by atoms with van der Waals surface area (Å²) in [6.07, 6.45) is 1.62. The van der Waals surface area contributed by atoms with Crippen LogP contribution in [-0.2, 0) is 22.6 Å². The van der Waals surface area contributed by atoms with E-state index in [0.717, 1.165) is 23.1 Å². The van der Waals surface area contributed by atoms with Crippen molar-refractivity contribution in [2.75, 3.05) is 0 Å². The third-order valence-electron chi connectivity index (χ3n) is 5.16. The molecular weight excluding hydrogens is 384 g/mol. The number of carbonyl (C=O) groups is 2. The van der Waals surface area contributed by atoms with Crippen LogP contribution in [0.5, 0.6) is 0 Å². The van der Waals surface area contributed by atoms with Crippen molar-refractivity contribution >= 4 is 23.4 Å². The minimum Gasteiger partial charge on any atom is -0.352 e. The maximum atomic E-state index is 13.3. The summed E-state index contributed by atoms with van der Waals surface area (Å²) in [4.78, 5) is 27.9. The van der Waals surface area contributed by atoms with Crippen LogP contribution in [0, 0.1) is 6.92 Å². The van der Waals surface area contributed by atoms with Crippen LogP contribution in [-0.4, -0.2) is 28.8 Å². The van der Waals surface area contributed by atoms with Crippen molar-refractivity contribution in [2.45, 2.75) is 65.6 Å². The van der Waals surface area contributed by atoms with Gasteiger partial charge in [-0.05, 0) is 43.9 Å². The Hall–Kier alpha value is -2.33. The van der Waals surface area contributed by atoms with Crippen LogP contribution in [0.15, 0.2) is 48.5 Å². The Morgan fingerprint density at radius 1 is 1.03 bits per heavy atom. The Morgan fingerprint density at radius 2 is 1.69 bits per heavy atom. The summed E-state index contributed by atoms with van der Waals surface area (Å²) in [5.41, 5.74) is 2.91. The topological polar surface area (TPSA) is 49.4 Å². The molecule has 0 heterocycles. The Morgan fingerprint density at radius 3 is 2.28 bits per heavy atom. The summed E-state index contributed by atoms with van der Waals surface area (Å²) in [6.45, 7) is 8.24. The highest BCUT2D eigenvalue weighted by Crippen LogP contribution is 2.21. The monoisotopic (exact) mass is 414 g/mol. The third-order valence-corrected chi connectivity index (χ3v) is 5.53. The molecule has 0 radical (unpaired) electrons. The maximum Gasteiger partial charge on any atom is 0.243 e. The summed E-state index contributed by atoms with van der Waals surface area (Å²) in [5, 5.41) is 3.62. The number of aryl methyl sites for hydroxylation is 1. The highest BCUT2D eigenvalue weighted by atomic mass is 35.5. The Balaban J connectivity index is 2.30. The molecular formula is C24H31ClN2O2. The SMILES string of the molecule is CC[C@@H](C)NC(=O)[C@@H](CC)N(Cc1ccccc1Cl)C(=O)Cc1ccc(C)cc1. The van der Waals surface area contributed by atoms with E-state index in [1.807, 2.05) is 70.2 Å². The van der Waals surface area contributed by atoms with Gasteiger partial charge < -0.3 is 10.2 Å². The fraction of sp³-hybridized carbons (Fsp3) is 0.417. The average Bonchev–Trinajstić information content (AvgIpc) is 2.70. The highest BCUT2D eigenvalue weighted by molar-refractivity contribution is 6.31. The second kappa shape index (κ2) is 11.0. The fourth-order valence-electron chi connectivity index (χ4n) is 3.15. The van der Waals surface area contributed by atoms with Gasteiger partial charge in [-0.25, -0.2) is 0 Å². The molecule has 1 N–H and O–H groups in total. The lowest BCUT2D eigenvalue weighted by Crippen LogP contribution is -2.51. The molecule has 0 aromatic heterocycles. The number of halogens is 1. The lowest BCUT2D eigenvalue weighted by Gasteiger charge is -2.32. The number of nitrogens with zero attached hydrogens (tertiary/aromatic N) is 1. The minimum atomic E-state index is -0.543. The van der Waals surface area contributed by atoms with Crippen molar-refractivity contribution in [1.29, 1.82) is 0 Å². The second-order valence-electron chi connectivity index (χ2n) is 7.52. The van der Waals surface area contributed by atoms with Crippen LogP contribution in [0.4, 0.5) is 0 Å². The summed E-state index contributed by atoms with van der Waals surface area (Å²) >= 11 is 6.35. The van der Waals surface area contributed by atoms with Crippen LogP contribution in [0.2, 0.25) is 5.02 Å². The number of rotatable bonds is 9. The van der Waals surface area contributed by atoms with Gasteiger partial charge in [0.1, 0.15) is 6.04 Å². The first-order valence-electron chi connectivity index (χ1n) is 10.2. The minimum absolute atomic E-state index is 0.0610. The van der Waals surface area contributed by atoms with E-state index >= 15 is 0 Å². The molecule has 2 atom stereocenters. The predicted molar refractivity (Wildman–Crippen MR) is 119 cm³/mol. The number of hydrogen-bond acceptors (Lipinski definition) is 2. The first kappa shape index (κ1) is 23.0. The number of nitrogens with one attached hydrogen (secondary N) is 1. The van der Waals surface area contributed by atoms with E-state index in [0.29, 0.717) is 18.0 Å². The maximum absolute atomic E-state index is 13.3. The van der Waals surface area contributed by atoms with Crippen LogP contribution in [0.1, 0.15) is 50.3 Å². The van der Waals surface area contributed by atoms with Crippen molar-refractivity contribution in [1.82, 2.24) is 10.2 Å². The number of amides is 2. The summed E-state index contributed by atoms with van der Waals surface area (Å²) < 4.78 is 0. The Labute approximate surface area is 179 Å². The first-order valence-corrected chi connectivity index (χ1v) is 10.6. The summed E-state index contributed by atoms with van der Waals surface area (Å²) in [7, 11) is 0. The van der Waals surface area contributed by atoms with E-state index in [1.165, 1.54) is 0 Å². The normalized spacial score (nSPS) is 12.9. The van der Waals surface area contributed by atoms with E-state index in [2.05, 4.69) is 5.32 Å². The highest BCUT2D eigenvalue weighted by Gasteiger charge is 2.29. The van der Waals surface area contributed by atoms with Crippen molar-refractivity contribution in [3.8, 4) is 0 Å².